The van der Waals surface area contributed by atoms with Gasteiger partial charge in [-0.2, -0.15) is 0 Å². The van der Waals surface area contributed by atoms with Gasteiger partial charge in [0.15, 0.2) is 11.5 Å². The van der Waals surface area contributed by atoms with E-state index in [9.17, 15) is 8.78 Å². The van der Waals surface area contributed by atoms with Crippen LogP contribution in [0.5, 0.6) is 11.5 Å². The van der Waals surface area contributed by atoms with Gasteiger partial charge >= 0.3 is 6.29 Å². The molecule has 2 aromatic heterocycles. The van der Waals surface area contributed by atoms with Crippen LogP contribution in [0, 0.1) is 0 Å². The van der Waals surface area contributed by atoms with Crippen LogP contribution in [0.2, 0.25) is 0 Å². The Kier molecular flexibility index (Phi) is 3.44. The average molecular weight is 332 g/mol. The molecule has 1 aliphatic rings. The highest BCUT2D eigenvalue weighted by Crippen LogP contribution is 2.41. The van der Waals surface area contributed by atoms with Gasteiger partial charge in [0, 0.05) is 31.1 Å². The van der Waals surface area contributed by atoms with E-state index in [1.54, 1.807) is 29.4 Å². The Hall–Kier alpha value is -2.90. The largest absolute Gasteiger partial charge is 0.586 e. The van der Waals surface area contributed by atoms with Crippen LogP contribution in [0.3, 0.4) is 0 Å². The van der Waals surface area contributed by atoms with E-state index in [4.69, 9.17) is 0 Å². The van der Waals surface area contributed by atoms with Crippen molar-refractivity contribution in [1.82, 2.24) is 19.5 Å². The fourth-order valence-corrected chi connectivity index (χ4v) is 2.60. The van der Waals surface area contributed by atoms with E-state index in [1.807, 2.05) is 6.20 Å². The van der Waals surface area contributed by atoms with E-state index < -0.39 is 6.29 Å². The maximum absolute atomic E-state index is 13.1. The predicted molar refractivity (Wildman–Crippen MR) is 80.4 cm³/mol. The van der Waals surface area contributed by atoms with E-state index in [0.29, 0.717) is 5.69 Å². The first-order valence-electron chi connectivity index (χ1n) is 7.50. The highest BCUT2D eigenvalue weighted by atomic mass is 19.3. The van der Waals surface area contributed by atoms with Crippen molar-refractivity contribution in [3.8, 4) is 17.2 Å². The molecule has 0 aliphatic carbocycles. The summed E-state index contributed by atoms with van der Waals surface area (Å²) in [4.78, 5) is 11.6. The second-order valence-electron chi connectivity index (χ2n) is 5.46. The highest BCUT2D eigenvalue weighted by molar-refractivity contribution is 5.50. The summed E-state index contributed by atoms with van der Waals surface area (Å²) in [6, 6.07) is 4.64. The second-order valence-corrected chi connectivity index (χ2v) is 5.46. The van der Waals surface area contributed by atoms with Crippen LogP contribution in [0.25, 0.3) is 5.69 Å². The lowest BCUT2D eigenvalue weighted by molar-refractivity contribution is -0.286. The van der Waals surface area contributed by atoms with Gasteiger partial charge in [-0.05, 0) is 25.0 Å². The summed E-state index contributed by atoms with van der Waals surface area (Å²) in [6.45, 7) is 0. The predicted octanol–water partition coefficient (Wildman–Crippen LogP) is 3.09. The highest BCUT2D eigenvalue weighted by Gasteiger charge is 2.43. The number of hydrogen-bond acceptors (Lipinski definition) is 4. The number of alkyl halides is 2. The number of halogens is 2. The van der Waals surface area contributed by atoms with Crippen molar-refractivity contribution >= 4 is 0 Å². The number of rotatable bonds is 5. The maximum atomic E-state index is 13.1. The molecule has 3 heterocycles. The molecular formula is C16H14F2N4O2. The summed E-state index contributed by atoms with van der Waals surface area (Å²) in [5.41, 5.74) is 1.60. The van der Waals surface area contributed by atoms with Gasteiger partial charge in [0.05, 0.1) is 17.7 Å². The number of ether oxygens (including phenoxy) is 2. The Bertz CT molecular complexity index is 846. The van der Waals surface area contributed by atoms with Gasteiger partial charge in [0.1, 0.15) is 5.82 Å². The Balaban J connectivity index is 1.43. The number of nitrogens with one attached hydrogen (secondary N) is 1. The second kappa shape index (κ2) is 5.63. The van der Waals surface area contributed by atoms with Gasteiger partial charge in [0.2, 0.25) is 0 Å². The number of aromatic nitrogens is 4. The van der Waals surface area contributed by atoms with Crippen LogP contribution in [-0.4, -0.2) is 25.8 Å². The van der Waals surface area contributed by atoms with Crippen LogP contribution < -0.4 is 9.47 Å². The summed E-state index contributed by atoms with van der Waals surface area (Å²) < 4.78 is 36.7. The van der Waals surface area contributed by atoms with E-state index >= 15 is 0 Å². The third-order valence-electron chi connectivity index (χ3n) is 3.72. The molecule has 0 saturated heterocycles. The molecule has 0 fully saturated rings. The standard InChI is InChI=1S/C16H14F2N4O2/c17-16(18)23-13-5-4-12(8-14(13)24-16)22-9-11(21-10-22)2-1-3-15-19-6-7-20-15/h4-10H,1-3H2,(H,19,20). The molecule has 0 atom stereocenters. The average Bonchev–Trinajstić information content (AvgIpc) is 3.24. The molecule has 0 bridgehead atoms. The molecule has 1 aliphatic heterocycles. The minimum absolute atomic E-state index is 0.0190. The number of aryl methyl sites for hydroxylation is 2. The van der Waals surface area contributed by atoms with Gasteiger partial charge in [-0.25, -0.2) is 9.97 Å². The van der Waals surface area contributed by atoms with Crippen LogP contribution in [-0.2, 0) is 12.8 Å². The van der Waals surface area contributed by atoms with E-state index in [-0.39, 0.29) is 11.5 Å². The van der Waals surface area contributed by atoms with Crippen LogP contribution in [0.15, 0.2) is 43.1 Å². The van der Waals surface area contributed by atoms with Gasteiger partial charge < -0.3 is 19.0 Å². The topological polar surface area (TPSA) is 65.0 Å². The van der Waals surface area contributed by atoms with Crippen molar-refractivity contribution in [2.75, 3.05) is 0 Å². The van der Waals surface area contributed by atoms with Crippen molar-refractivity contribution in [3.63, 3.8) is 0 Å². The number of fused-ring (bicyclic) bond motifs is 1. The smallest absolute Gasteiger partial charge is 0.395 e. The summed E-state index contributed by atoms with van der Waals surface area (Å²) in [6.07, 6.45) is 6.01. The van der Waals surface area contributed by atoms with Crippen molar-refractivity contribution in [1.29, 1.82) is 0 Å². The van der Waals surface area contributed by atoms with Crippen molar-refractivity contribution in [2.45, 2.75) is 25.6 Å². The molecule has 0 spiro atoms. The summed E-state index contributed by atoms with van der Waals surface area (Å²) in [5, 5.41) is 0. The SMILES string of the molecule is FC1(F)Oc2ccc(-n3cnc(CCCc4ncc[nH]4)c3)cc2O1. The number of nitrogens with zero attached hydrogens (tertiary/aromatic N) is 3. The molecule has 3 aromatic rings. The molecular weight excluding hydrogens is 318 g/mol. The number of H-pyrrole nitrogens is 1. The first kappa shape index (κ1) is 14.7. The summed E-state index contributed by atoms with van der Waals surface area (Å²) in [5.74, 6) is 0.999. The van der Waals surface area contributed by atoms with Gasteiger partial charge in [-0.15, -0.1) is 8.78 Å². The molecule has 0 radical (unpaired) electrons. The third kappa shape index (κ3) is 2.94. The molecule has 0 saturated carbocycles. The molecule has 24 heavy (non-hydrogen) atoms. The molecule has 4 rings (SSSR count). The normalized spacial score (nSPS) is 14.9. The lowest BCUT2D eigenvalue weighted by Crippen LogP contribution is -2.25. The van der Waals surface area contributed by atoms with Crippen LogP contribution in [0.1, 0.15) is 17.9 Å². The minimum Gasteiger partial charge on any atom is -0.395 e. The quantitative estimate of drug-likeness (QED) is 0.780. The molecule has 8 heteroatoms. The molecule has 1 aromatic carbocycles. The van der Waals surface area contributed by atoms with E-state index in [2.05, 4.69) is 24.4 Å². The van der Waals surface area contributed by atoms with Crippen molar-refractivity contribution in [3.05, 3.63) is 54.6 Å². The zero-order valence-corrected chi connectivity index (χ0v) is 12.6. The van der Waals surface area contributed by atoms with Crippen LogP contribution >= 0.6 is 0 Å². The molecule has 0 amide bonds. The fraction of sp³-hybridized carbons (Fsp3) is 0.250. The van der Waals surface area contributed by atoms with Crippen LogP contribution in [0.4, 0.5) is 8.78 Å². The lowest BCUT2D eigenvalue weighted by Gasteiger charge is -2.04. The summed E-state index contributed by atoms with van der Waals surface area (Å²) in [7, 11) is 0. The summed E-state index contributed by atoms with van der Waals surface area (Å²) >= 11 is 0. The number of hydrogen-bond donors (Lipinski definition) is 1. The molecule has 0 unspecified atom stereocenters. The Morgan fingerprint density at radius 3 is 2.83 bits per heavy atom. The van der Waals surface area contributed by atoms with Gasteiger partial charge in [-0.3, -0.25) is 0 Å². The number of imidazole rings is 2. The molecule has 1 N–H and O–H groups in total. The Labute approximate surface area is 136 Å². The van der Waals surface area contributed by atoms with E-state index in [0.717, 1.165) is 30.8 Å². The molecule has 6 nitrogen and oxygen atoms in total. The monoisotopic (exact) mass is 332 g/mol. The maximum Gasteiger partial charge on any atom is 0.586 e. The number of aromatic amines is 1. The Morgan fingerprint density at radius 2 is 2.00 bits per heavy atom. The van der Waals surface area contributed by atoms with Gasteiger partial charge in [-0.1, -0.05) is 0 Å². The zero-order chi connectivity index (χ0) is 16.6. The fourth-order valence-electron chi connectivity index (χ4n) is 2.60. The van der Waals surface area contributed by atoms with Crippen molar-refractivity contribution in [2.24, 2.45) is 0 Å². The van der Waals surface area contributed by atoms with Crippen molar-refractivity contribution < 1.29 is 18.3 Å². The van der Waals surface area contributed by atoms with E-state index in [1.165, 1.54) is 12.1 Å². The minimum atomic E-state index is -3.60. The number of benzene rings is 1. The Morgan fingerprint density at radius 1 is 1.12 bits per heavy atom. The molecule has 124 valence electrons. The lowest BCUT2D eigenvalue weighted by atomic mass is 10.2. The first-order valence-corrected chi connectivity index (χ1v) is 7.50. The first-order chi connectivity index (χ1) is 11.6. The van der Waals surface area contributed by atoms with Gasteiger partial charge in [0.25, 0.3) is 0 Å². The third-order valence-corrected chi connectivity index (χ3v) is 3.72. The zero-order valence-electron chi connectivity index (χ0n) is 12.6.